The summed E-state index contributed by atoms with van der Waals surface area (Å²) in [4.78, 5) is 2.54. The molecule has 1 aliphatic heterocycles. The molecule has 17 heavy (non-hydrogen) atoms. The lowest BCUT2D eigenvalue weighted by atomic mass is 9.98. The maximum absolute atomic E-state index is 5.29. The third-order valence-electron chi connectivity index (χ3n) is 3.36. The zero-order chi connectivity index (χ0) is 11.2. The lowest BCUT2D eigenvalue weighted by molar-refractivity contribution is 0.179. The molecule has 1 aliphatic rings. The van der Waals surface area contributed by atoms with Crippen molar-refractivity contribution < 1.29 is 4.42 Å². The number of hydrogen-bond donors (Lipinski definition) is 1. The Bertz CT molecular complexity index is 290. The highest BCUT2D eigenvalue weighted by Gasteiger charge is 2.17. The van der Waals surface area contributed by atoms with Crippen LogP contribution in [0.25, 0.3) is 0 Å². The first-order chi connectivity index (χ1) is 7.88. The highest BCUT2D eigenvalue weighted by atomic mass is 35.5. The highest BCUT2D eigenvalue weighted by molar-refractivity contribution is 5.85. The van der Waals surface area contributed by atoms with E-state index in [1.54, 1.807) is 6.26 Å². The van der Waals surface area contributed by atoms with E-state index >= 15 is 0 Å². The van der Waals surface area contributed by atoms with Crippen molar-refractivity contribution in [3.63, 3.8) is 0 Å². The third-order valence-corrected chi connectivity index (χ3v) is 3.36. The quantitative estimate of drug-likeness (QED) is 0.880. The smallest absolute Gasteiger partial charge is 0.117 e. The fraction of sp³-hybridized carbons (Fsp3) is 0.692. The number of halogens is 1. The van der Waals surface area contributed by atoms with Crippen LogP contribution in [0.15, 0.2) is 22.8 Å². The van der Waals surface area contributed by atoms with Gasteiger partial charge in [0.25, 0.3) is 0 Å². The predicted molar refractivity (Wildman–Crippen MR) is 72.5 cm³/mol. The molecular formula is C13H23ClN2O. The van der Waals surface area contributed by atoms with Crippen LogP contribution in [-0.2, 0) is 6.54 Å². The number of piperidine rings is 1. The fourth-order valence-corrected chi connectivity index (χ4v) is 2.42. The SMILES string of the molecule is CCN1CCCC(CNCc2ccco2)C1.Cl. The fourth-order valence-electron chi connectivity index (χ4n) is 2.42. The minimum atomic E-state index is 0. The van der Waals surface area contributed by atoms with Crippen molar-refractivity contribution in [2.75, 3.05) is 26.2 Å². The summed E-state index contributed by atoms with van der Waals surface area (Å²) >= 11 is 0. The highest BCUT2D eigenvalue weighted by Crippen LogP contribution is 2.15. The number of likely N-dealkylation sites (tertiary alicyclic amines) is 1. The monoisotopic (exact) mass is 258 g/mol. The number of hydrogen-bond acceptors (Lipinski definition) is 3. The van der Waals surface area contributed by atoms with Crippen LogP contribution in [0.1, 0.15) is 25.5 Å². The molecule has 0 amide bonds. The van der Waals surface area contributed by atoms with E-state index in [0.29, 0.717) is 0 Å². The summed E-state index contributed by atoms with van der Waals surface area (Å²) in [7, 11) is 0. The first-order valence-corrected chi connectivity index (χ1v) is 6.34. The van der Waals surface area contributed by atoms with Crippen LogP contribution in [0.2, 0.25) is 0 Å². The molecule has 1 saturated heterocycles. The Morgan fingerprint density at radius 2 is 2.41 bits per heavy atom. The van der Waals surface area contributed by atoms with E-state index in [4.69, 9.17) is 4.42 Å². The number of furan rings is 1. The first-order valence-electron chi connectivity index (χ1n) is 6.34. The molecule has 3 nitrogen and oxygen atoms in total. The second kappa shape index (κ2) is 7.75. The largest absolute Gasteiger partial charge is 0.468 e. The lowest BCUT2D eigenvalue weighted by Gasteiger charge is -2.31. The van der Waals surface area contributed by atoms with Crippen molar-refractivity contribution in [2.24, 2.45) is 5.92 Å². The average Bonchev–Trinajstić information content (AvgIpc) is 2.82. The second-order valence-electron chi connectivity index (χ2n) is 4.61. The molecule has 1 atom stereocenters. The normalized spacial score (nSPS) is 21.1. The average molecular weight is 259 g/mol. The van der Waals surface area contributed by atoms with E-state index in [0.717, 1.165) is 24.8 Å². The van der Waals surface area contributed by atoms with E-state index in [1.165, 1.54) is 32.5 Å². The van der Waals surface area contributed by atoms with Gasteiger partial charge in [0.15, 0.2) is 0 Å². The Morgan fingerprint density at radius 3 is 3.12 bits per heavy atom. The maximum Gasteiger partial charge on any atom is 0.117 e. The molecule has 1 aromatic heterocycles. The summed E-state index contributed by atoms with van der Waals surface area (Å²) in [6.07, 6.45) is 4.44. The molecule has 1 N–H and O–H groups in total. The van der Waals surface area contributed by atoms with Crippen LogP contribution in [0.5, 0.6) is 0 Å². The van der Waals surface area contributed by atoms with Crippen LogP contribution in [-0.4, -0.2) is 31.1 Å². The van der Waals surface area contributed by atoms with E-state index in [-0.39, 0.29) is 12.4 Å². The van der Waals surface area contributed by atoms with Crippen LogP contribution < -0.4 is 5.32 Å². The minimum absolute atomic E-state index is 0. The van der Waals surface area contributed by atoms with Gasteiger partial charge < -0.3 is 14.6 Å². The Kier molecular flexibility index (Phi) is 6.63. The molecule has 4 heteroatoms. The predicted octanol–water partition coefficient (Wildman–Crippen LogP) is 2.52. The summed E-state index contributed by atoms with van der Waals surface area (Å²) in [5, 5.41) is 3.48. The van der Waals surface area contributed by atoms with Crippen molar-refractivity contribution in [3.05, 3.63) is 24.2 Å². The topological polar surface area (TPSA) is 28.4 Å². The van der Waals surface area contributed by atoms with Crippen LogP contribution >= 0.6 is 12.4 Å². The molecule has 1 aromatic rings. The molecule has 1 fully saturated rings. The molecule has 0 radical (unpaired) electrons. The zero-order valence-electron chi connectivity index (χ0n) is 10.5. The summed E-state index contributed by atoms with van der Waals surface area (Å²) in [5.41, 5.74) is 0. The molecule has 2 heterocycles. The van der Waals surface area contributed by atoms with Gasteiger partial charge in [-0.05, 0) is 50.5 Å². The summed E-state index contributed by atoms with van der Waals surface area (Å²) in [5.74, 6) is 1.84. The molecule has 2 rings (SSSR count). The summed E-state index contributed by atoms with van der Waals surface area (Å²) in [6.45, 7) is 7.94. The van der Waals surface area contributed by atoms with Gasteiger partial charge in [0.2, 0.25) is 0 Å². The van der Waals surface area contributed by atoms with Crippen molar-refractivity contribution in [1.82, 2.24) is 10.2 Å². The Morgan fingerprint density at radius 1 is 1.53 bits per heavy atom. The van der Waals surface area contributed by atoms with E-state index < -0.39 is 0 Å². The Balaban J connectivity index is 0.00000144. The van der Waals surface area contributed by atoms with Gasteiger partial charge in [-0.1, -0.05) is 6.92 Å². The molecule has 0 aliphatic carbocycles. The molecule has 98 valence electrons. The Hall–Kier alpha value is -0.510. The van der Waals surface area contributed by atoms with E-state index in [1.807, 2.05) is 12.1 Å². The van der Waals surface area contributed by atoms with Crippen molar-refractivity contribution in [2.45, 2.75) is 26.3 Å². The maximum atomic E-state index is 5.29. The van der Waals surface area contributed by atoms with Gasteiger partial charge in [-0.3, -0.25) is 0 Å². The molecule has 0 saturated carbocycles. The lowest BCUT2D eigenvalue weighted by Crippen LogP contribution is -2.39. The summed E-state index contributed by atoms with van der Waals surface area (Å²) < 4.78 is 5.29. The van der Waals surface area contributed by atoms with Gasteiger partial charge in [-0.2, -0.15) is 0 Å². The first kappa shape index (κ1) is 14.6. The van der Waals surface area contributed by atoms with Gasteiger partial charge in [-0.25, -0.2) is 0 Å². The number of rotatable bonds is 5. The van der Waals surface area contributed by atoms with Gasteiger partial charge in [0.05, 0.1) is 12.8 Å². The van der Waals surface area contributed by atoms with Crippen LogP contribution in [0, 0.1) is 5.92 Å². The molecule has 1 unspecified atom stereocenters. The van der Waals surface area contributed by atoms with Crippen molar-refractivity contribution in [1.29, 1.82) is 0 Å². The Labute approximate surface area is 110 Å². The number of nitrogens with one attached hydrogen (secondary N) is 1. The molecule has 0 aromatic carbocycles. The standard InChI is InChI=1S/C13H22N2O.ClH/c1-2-15-7-3-5-12(11-15)9-14-10-13-6-4-8-16-13;/h4,6,8,12,14H,2-3,5,7,9-11H2,1H3;1H. The third kappa shape index (κ3) is 4.70. The molecule has 0 bridgehead atoms. The zero-order valence-corrected chi connectivity index (χ0v) is 11.3. The minimum Gasteiger partial charge on any atom is -0.468 e. The van der Waals surface area contributed by atoms with Crippen LogP contribution in [0.3, 0.4) is 0 Å². The number of nitrogens with zero attached hydrogens (tertiary/aromatic N) is 1. The van der Waals surface area contributed by atoms with Gasteiger partial charge in [0.1, 0.15) is 5.76 Å². The van der Waals surface area contributed by atoms with Gasteiger partial charge >= 0.3 is 0 Å². The molecule has 0 spiro atoms. The molecular weight excluding hydrogens is 236 g/mol. The van der Waals surface area contributed by atoms with E-state index in [9.17, 15) is 0 Å². The van der Waals surface area contributed by atoms with E-state index in [2.05, 4.69) is 17.1 Å². The van der Waals surface area contributed by atoms with Crippen LogP contribution in [0.4, 0.5) is 0 Å². The second-order valence-corrected chi connectivity index (χ2v) is 4.61. The van der Waals surface area contributed by atoms with Gasteiger partial charge in [-0.15, -0.1) is 12.4 Å². The van der Waals surface area contributed by atoms with Gasteiger partial charge in [0, 0.05) is 6.54 Å². The summed E-state index contributed by atoms with van der Waals surface area (Å²) in [6, 6.07) is 3.96. The van der Waals surface area contributed by atoms with Crippen molar-refractivity contribution >= 4 is 12.4 Å². The van der Waals surface area contributed by atoms with Crippen molar-refractivity contribution in [3.8, 4) is 0 Å².